The maximum atomic E-state index is 13.4. The summed E-state index contributed by atoms with van der Waals surface area (Å²) in [6.45, 7) is 6.38. The first-order chi connectivity index (χ1) is 15.9. The predicted octanol–water partition coefficient (Wildman–Crippen LogP) is 2.03. The Labute approximate surface area is 202 Å². The molecule has 0 saturated heterocycles. The van der Waals surface area contributed by atoms with E-state index in [2.05, 4.69) is 26.1 Å². The molecular weight excluding hydrogens is 482 g/mol. The summed E-state index contributed by atoms with van der Waals surface area (Å²) >= 11 is 0.993. The van der Waals surface area contributed by atoms with Crippen LogP contribution in [0.4, 0.5) is 0 Å². The van der Waals surface area contributed by atoms with E-state index in [0.29, 0.717) is 27.6 Å². The lowest BCUT2D eigenvalue weighted by molar-refractivity contribution is -0.137. The molecule has 4 N–H and O–H groups in total. The molecule has 0 radical (unpaired) electrons. The van der Waals surface area contributed by atoms with Crippen LogP contribution < -0.4 is 15.5 Å². The van der Waals surface area contributed by atoms with Crippen LogP contribution in [0.1, 0.15) is 53.4 Å². The molecule has 34 heavy (non-hydrogen) atoms. The second-order valence-electron chi connectivity index (χ2n) is 9.16. The summed E-state index contributed by atoms with van der Waals surface area (Å²) in [6, 6.07) is 5.48. The van der Waals surface area contributed by atoms with Crippen molar-refractivity contribution in [3.05, 3.63) is 45.6 Å². The van der Waals surface area contributed by atoms with Gasteiger partial charge in [-0.1, -0.05) is 20.8 Å². The van der Waals surface area contributed by atoms with E-state index in [1.165, 1.54) is 42.9 Å². The molecule has 1 aromatic heterocycles. The Morgan fingerprint density at radius 2 is 1.88 bits per heavy atom. The molecule has 3 rings (SSSR count). The van der Waals surface area contributed by atoms with E-state index >= 15 is 0 Å². The third kappa shape index (κ3) is 5.41. The van der Waals surface area contributed by atoms with Crippen LogP contribution in [0, 0.1) is 5.41 Å². The van der Waals surface area contributed by atoms with Gasteiger partial charge in [0.2, 0.25) is 10.0 Å². The highest BCUT2D eigenvalue weighted by molar-refractivity contribution is 7.89. The largest absolute Gasteiger partial charge is 0.497 e. The number of nitrogens with zero attached hydrogens (tertiary/aromatic N) is 1. The van der Waals surface area contributed by atoms with Gasteiger partial charge in [-0.15, -0.1) is 11.3 Å². The van der Waals surface area contributed by atoms with Crippen molar-refractivity contribution in [3.63, 3.8) is 0 Å². The summed E-state index contributed by atoms with van der Waals surface area (Å²) in [6.07, 6.45) is -0.816. The van der Waals surface area contributed by atoms with Crippen LogP contribution in [0.25, 0.3) is 0 Å². The lowest BCUT2D eigenvalue weighted by Gasteiger charge is -2.36. The molecular formula is C22H29N3O7S2. The Kier molecular flexibility index (Phi) is 7.68. The van der Waals surface area contributed by atoms with Crippen molar-refractivity contribution in [2.24, 2.45) is 5.41 Å². The topological polar surface area (TPSA) is 145 Å². The molecule has 0 bridgehead atoms. The second kappa shape index (κ2) is 10.0. The van der Waals surface area contributed by atoms with Crippen LogP contribution in [-0.2, 0) is 21.4 Å². The number of methoxy groups -OCH3 is 1. The fourth-order valence-corrected chi connectivity index (χ4v) is 6.27. The molecule has 0 unspecified atom stereocenters. The van der Waals surface area contributed by atoms with E-state index in [-0.39, 0.29) is 22.8 Å². The van der Waals surface area contributed by atoms with E-state index in [0.717, 1.165) is 22.1 Å². The van der Waals surface area contributed by atoms with Crippen molar-refractivity contribution in [2.45, 2.75) is 50.8 Å². The van der Waals surface area contributed by atoms with Crippen LogP contribution >= 0.6 is 11.3 Å². The Morgan fingerprint density at radius 3 is 2.44 bits per heavy atom. The number of nitrogens with one attached hydrogen (secondary N) is 2. The molecule has 0 saturated carbocycles. The molecule has 1 aliphatic heterocycles. The average molecular weight is 512 g/mol. The molecule has 1 aromatic carbocycles. The maximum absolute atomic E-state index is 13.4. The number of benzene rings is 1. The van der Waals surface area contributed by atoms with E-state index in [1.54, 1.807) is 0 Å². The predicted molar refractivity (Wildman–Crippen MR) is 125 cm³/mol. The molecule has 0 aliphatic carbocycles. The smallest absolute Gasteiger partial charge is 0.264 e. The van der Waals surface area contributed by atoms with Gasteiger partial charge in [0.15, 0.2) is 0 Å². The van der Waals surface area contributed by atoms with Crippen molar-refractivity contribution in [1.82, 2.24) is 15.1 Å². The van der Waals surface area contributed by atoms with Crippen LogP contribution in [0.15, 0.2) is 35.2 Å². The van der Waals surface area contributed by atoms with Gasteiger partial charge in [0.05, 0.1) is 16.9 Å². The first-order valence-electron chi connectivity index (χ1n) is 10.6. The highest BCUT2D eigenvalue weighted by atomic mass is 32.2. The SMILES string of the molecule is COc1ccc(S(=O)(=O)N2Cc3cc(C(=O)NCCC(C)(C)C)sc3[C@H](O)[C@@H]2C(=O)NO)cc1. The summed E-state index contributed by atoms with van der Waals surface area (Å²) in [5, 5.41) is 23.0. The number of carbonyl (C=O) groups is 2. The van der Waals surface area contributed by atoms with Crippen LogP contribution in [0.3, 0.4) is 0 Å². The minimum atomic E-state index is -4.26. The highest BCUT2D eigenvalue weighted by Crippen LogP contribution is 2.40. The van der Waals surface area contributed by atoms with Crippen LogP contribution in [0.2, 0.25) is 0 Å². The molecule has 1 aliphatic rings. The summed E-state index contributed by atoms with van der Waals surface area (Å²) in [5.74, 6) is -0.979. The van der Waals surface area contributed by atoms with Crippen molar-refractivity contribution >= 4 is 33.2 Å². The standard InChI is InChI=1S/C22H29N3O7S2/c1-22(2,3)9-10-23-20(27)16-11-13-12-25(17(21(28)24-29)18(26)19(13)33-16)34(30,31)15-7-5-14(32-4)6-8-15/h5-8,11,17-18,26,29H,9-10,12H2,1-4H3,(H,23,27)(H,24,28)/t17-,18-/m1/s1. The number of ether oxygens (including phenoxy) is 1. The van der Waals surface area contributed by atoms with Crippen LogP contribution in [-0.4, -0.2) is 54.5 Å². The monoisotopic (exact) mass is 511 g/mol. The van der Waals surface area contributed by atoms with Crippen LogP contribution in [0.5, 0.6) is 5.75 Å². The number of hydrogen-bond acceptors (Lipinski definition) is 8. The summed E-state index contributed by atoms with van der Waals surface area (Å²) in [5.41, 5.74) is 1.89. The second-order valence-corrected chi connectivity index (χ2v) is 12.1. The summed E-state index contributed by atoms with van der Waals surface area (Å²) in [7, 11) is -2.81. The van der Waals surface area contributed by atoms with E-state index in [1.807, 2.05) is 0 Å². The molecule has 0 fully saturated rings. The molecule has 2 heterocycles. The summed E-state index contributed by atoms with van der Waals surface area (Å²) < 4.78 is 32.6. The number of hydrogen-bond donors (Lipinski definition) is 4. The van der Waals surface area contributed by atoms with Crippen molar-refractivity contribution in [3.8, 4) is 5.75 Å². The molecule has 2 atom stereocenters. The first-order valence-corrected chi connectivity index (χ1v) is 12.8. The number of aliphatic hydroxyl groups excluding tert-OH is 1. The number of fused-ring (bicyclic) bond motifs is 1. The number of hydroxylamine groups is 1. The van der Waals surface area contributed by atoms with E-state index in [4.69, 9.17) is 4.74 Å². The van der Waals surface area contributed by atoms with Gasteiger partial charge in [-0.2, -0.15) is 4.31 Å². The Balaban J connectivity index is 1.93. The number of thiophene rings is 1. The normalized spacial score (nSPS) is 18.8. The zero-order valence-electron chi connectivity index (χ0n) is 19.4. The van der Waals surface area contributed by atoms with Gasteiger partial charge >= 0.3 is 0 Å². The molecule has 2 amide bonds. The minimum Gasteiger partial charge on any atom is -0.497 e. The molecule has 10 nitrogen and oxygen atoms in total. The Morgan fingerprint density at radius 1 is 1.24 bits per heavy atom. The van der Waals surface area contributed by atoms with Crippen molar-refractivity contribution in [2.75, 3.05) is 13.7 Å². The Hall–Kier alpha value is -2.51. The zero-order valence-corrected chi connectivity index (χ0v) is 21.0. The van der Waals surface area contributed by atoms with E-state index in [9.17, 15) is 28.3 Å². The van der Waals surface area contributed by atoms with Gasteiger partial charge < -0.3 is 15.2 Å². The molecule has 12 heteroatoms. The Bertz CT molecular complexity index is 1150. The van der Waals surface area contributed by atoms with Gasteiger partial charge in [0, 0.05) is 18.0 Å². The zero-order chi connectivity index (χ0) is 25.3. The van der Waals surface area contributed by atoms with Gasteiger partial charge in [-0.3, -0.25) is 14.8 Å². The van der Waals surface area contributed by atoms with Gasteiger partial charge in [-0.25, -0.2) is 13.9 Å². The highest BCUT2D eigenvalue weighted by Gasteiger charge is 2.46. The quantitative estimate of drug-likeness (QED) is 0.329. The lowest BCUT2D eigenvalue weighted by atomic mass is 9.92. The van der Waals surface area contributed by atoms with Gasteiger partial charge in [0.1, 0.15) is 17.9 Å². The van der Waals surface area contributed by atoms with Crippen molar-refractivity contribution < 1.29 is 33.1 Å². The third-order valence-electron chi connectivity index (χ3n) is 5.48. The number of sulfonamides is 1. The third-order valence-corrected chi connectivity index (χ3v) is 8.56. The number of amides is 2. The number of aliphatic hydroxyl groups is 1. The first kappa shape index (κ1) is 26.1. The number of carbonyl (C=O) groups excluding carboxylic acids is 2. The fraction of sp³-hybridized carbons (Fsp3) is 0.455. The molecule has 2 aromatic rings. The minimum absolute atomic E-state index is 0.0410. The molecule has 186 valence electrons. The maximum Gasteiger partial charge on any atom is 0.264 e. The van der Waals surface area contributed by atoms with Gasteiger partial charge in [-0.05, 0) is 47.7 Å². The average Bonchev–Trinajstić information content (AvgIpc) is 3.22. The lowest BCUT2D eigenvalue weighted by Crippen LogP contribution is -2.53. The van der Waals surface area contributed by atoms with Gasteiger partial charge in [0.25, 0.3) is 11.8 Å². The fourth-order valence-electron chi connectivity index (χ4n) is 3.59. The summed E-state index contributed by atoms with van der Waals surface area (Å²) in [4.78, 5) is 25.6. The van der Waals surface area contributed by atoms with E-state index < -0.39 is 28.1 Å². The molecule has 0 spiro atoms. The van der Waals surface area contributed by atoms with Crippen molar-refractivity contribution in [1.29, 1.82) is 0 Å². The number of rotatable bonds is 7.